The van der Waals surface area contributed by atoms with Gasteiger partial charge in [0.05, 0.1) is 13.2 Å². The molecule has 0 bridgehead atoms. The number of ether oxygens (including phenoxy) is 1. The molecule has 1 heterocycles. The number of methoxy groups -OCH3 is 1. The smallest absolute Gasteiger partial charge is 0.142 e. The van der Waals surface area contributed by atoms with E-state index in [1.54, 1.807) is 19.4 Å². The lowest BCUT2D eigenvalue weighted by Gasteiger charge is -2.11. The topological polar surface area (TPSA) is 74.2 Å². The third-order valence-electron chi connectivity index (χ3n) is 1.62. The average Bonchev–Trinajstić information content (AvgIpc) is 2.16. The number of hydrogen-bond donors (Lipinski definition) is 2. The van der Waals surface area contributed by atoms with Gasteiger partial charge >= 0.3 is 0 Å². The number of pyridine rings is 1. The minimum absolute atomic E-state index is 0.249. The molecule has 0 fully saturated rings. The van der Waals surface area contributed by atoms with Crippen LogP contribution in [0.25, 0.3) is 0 Å². The maximum atomic E-state index is 5.70. The largest absolute Gasteiger partial charge is 0.495 e. The zero-order valence-electron chi connectivity index (χ0n) is 7.03. The number of rotatable bonds is 3. The molecule has 4 nitrogen and oxygen atoms in total. The van der Waals surface area contributed by atoms with E-state index < -0.39 is 0 Å². The molecule has 0 radical (unpaired) electrons. The Hall–Kier alpha value is -1.13. The van der Waals surface area contributed by atoms with Crippen molar-refractivity contribution in [3.63, 3.8) is 0 Å². The lowest BCUT2D eigenvalue weighted by atomic mass is 10.2. The van der Waals surface area contributed by atoms with E-state index in [-0.39, 0.29) is 6.04 Å². The van der Waals surface area contributed by atoms with Crippen molar-refractivity contribution in [3.8, 4) is 5.75 Å². The molecule has 1 aromatic heterocycles. The maximum absolute atomic E-state index is 5.70. The highest BCUT2D eigenvalue weighted by atomic mass is 16.5. The molecule has 4 heteroatoms. The van der Waals surface area contributed by atoms with Crippen LogP contribution >= 0.6 is 0 Å². The summed E-state index contributed by atoms with van der Waals surface area (Å²) in [5.74, 6) is 0.690. The number of aromatic nitrogens is 1. The third kappa shape index (κ3) is 1.72. The van der Waals surface area contributed by atoms with E-state index in [1.165, 1.54) is 0 Å². The molecule has 0 aromatic carbocycles. The van der Waals surface area contributed by atoms with Crippen LogP contribution < -0.4 is 16.2 Å². The molecule has 1 atom stereocenters. The van der Waals surface area contributed by atoms with Gasteiger partial charge in [0.1, 0.15) is 11.4 Å². The second-order valence-electron chi connectivity index (χ2n) is 2.43. The van der Waals surface area contributed by atoms with Crippen molar-refractivity contribution in [2.45, 2.75) is 6.04 Å². The van der Waals surface area contributed by atoms with Gasteiger partial charge in [-0.05, 0) is 12.1 Å². The van der Waals surface area contributed by atoms with Gasteiger partial charge in [-0.2, -0.15) is 0 Å². The van der Waals surface area contributed by atoms with Crippen molar-refractivity contribution < 1.29 is 4.74 Å². The maximum Gasteiger partial charge on any atom is 0.142 e. The van der Waals surface area contributed by atoms with Crippen molar-refractivity contribution in [2.75, 3.05) is 13.7 Å². The Morgan fingerprint density at radius 2 is 2.42 bits per heavy atom. The summed E-state index contributed by atoms with van der Waals surface area (Å²) in [5, 5.41) is 0. The highest BCUT2D eigenvalue weighted by Crippen LogP contribution is 2.19. The Morgan fingerprint density at radius 3 is 3.00 bits per heavy atom. The SMILES string of the molecule is COc1cccnc1C(N)CN. The third-order valence-corrected chi connectivity index (χ3v) is 1.62. The number of nitrogens with two attached hydrogens (primary N) is 2. The van der Waals surface area contributed by atoms with Crippen molar-refractivity contribution in [3.05, 3.63) is 24.0 Å². The zero-order valence-corrected chi connectivity index (χ0v) is 7.03. The quantitative estimate of drug-likeness (QED) is 0.667. The minimum atomic E-state index is -0.249. The van der Waals surface area contributed by atoms with Crippen LogP contribution in [0.4, 0.5) is 0 Å². The monoisotopic (exact) mass is 167 g/mol. The second kappa shape index (κ2) is 4.04. The van der Waals surface area contributed by atoms with E-state index in [0.717, 1.165) is 0 Å². The van der Waals surface area contributed by atoms with Crippen LogP contribution in [0.3, 0.4) is 0 Å². The summed E-state index contributed by atoms with van der Waals surface area (Å²) in [6, 6.07) is 3.37. The highest BCUT2D eigenvalue weighted by Gasteiger charge is 2.10. The predicted octanol–water partition coefficient (Wildman–Crippen LogP) is 0.0487. The van der Waals surface area contributed by atoms with Crippen molar-refractivity contribution in [2.24, 2.45) is 11.5 Å². The zero-order chi connectivity index (χ0) is 8.97. The predicted molar refractivity (Wildman–Crippen MR) is 46.8 cm³/mol. The molecular formula is C8H13N3O. The minimum Gasteiger partial charge on any atom is -0.495 e. The highest BCUT2D eigenvalue weighted by molar-refractivity contribution is 5.29. The molecule has 1 rings (SSSR count). The van der Waals surface area contributed by atoms with Gasteiger partial charge in [-0.1, -0.05) is 0 Å². The molecule has 0 amide bonds. The lowest BCUT2D eigenvalue weighted by molar-refractivity contribution is 0.402. The summed E-state index contributed by atoms with van der Waals surface area (Å²) in [5.41, 5.74) is 11.8. The first kappa shape index (κ1) is 8.96. The Bertz CT molecular complexity index is 252. The molecular weight excluding hydrogens is 154 g/mol. The van der Waals surface area contributed by atoms with Crippen molar-refractivity contribution in [1.82, 2.24) is 4.98 Å². The first-order valence-corrected chi connectivity index (χ1v) is 3.74. The standard InChI is InChI=1S/C8H13N3O/c1-12-7-3-2-4-11-8(7)6(10)5-9/h2-4,6H,5,9-10H2,1H3. The van der Waals surface area contributed by atoms with E-state index in [1.807, 2.05) is 6.07 Å². The molecule has 1 aromatic rings. The van der Waals surface area contributed by atoms with Crippen molar-refractivity contribution >= 4 is 0 Å². The average molecular weight is 167 g/mol. The second-order valence-corrected chi connectivity index (χ2v) is 2.43. The summed E-state index contributed by atoms with van der Waals surface area (Å²) in [7, 11) is 1.59. The van der Waals surface area contributed by atoms with E-state index in [2.05, 4.69) is 4.98 Å². The summed E-state index contributed by atoms with van der Waals surface area (Å²) in [4.78, 5) is 4.09. The first-order chi connectivity index (χ1) is 5.79. The molecule has 12 heavy (non-hydrogen) atoms. The summed E-state index contributed by atoms with van der Waals surface area (Å²) in [6.45, 7) is 0.368. The van der Waals surface area contributed by atoms with Gasteiger partial charge < -0.3 is 16.2 Å². The lowest BCUT2D eigenvalue weighted by Crippen LogP contribution is -2.22. The molecule has 1 unspecified atom stereocenters. The van der Waals surface area contributed by atoms with E-state index >= 15 is 0 Å². The normalized spacial score (nSPS) is 12.6. The van der Waals surface area contributed by atoms with Crippen LogP contribution in [0.15, 0.2) is 18.3 Å². The van der Waals surface area contributed by atoms with Gasteiger partial charge in [0.15, 0.2) is 0 Å². The Labute approximate surface area is 71.5 Å². The molecule has 4 N–H and O–H groups in total. The fourth-order valence-corrected chi connectivity index (χ4v) is 0.965. The summed E-state index contributed by atoms with van der Waals surface area (Å²) >= 11 is 0. The van der Waals surface area contributed by atoms with Crippen LogP contribution in [0, 0.1) is 0 Å². The molecule has 66 valence electrons. The Balaban J connectivity index is 2.96. The van der Waals surface area contributed by atoms with Crippen LogP contribution in [0.1, 0.15) is 11.7 Å². The molecule has 0 aliphatic carbocycles. The van der Waals surface area contributed by atoms with Gasteiger partial charge in [-0.3, -0.25) is 4.98 Å². The van der Waals surface area contributed by atoms with E-state index in [0.29, 0.717) is 18.0 Å². The molecule has 0 spiro atoms. The van der Waals surface area contributed by atoms with Crippen LogP contribution in [0.5, 0.6) is 5.75 Å². The molecule has 0 saturated heterocycles. The van der Waals surface area contributed by atoms with E-state index in [4.69, 9.17) is 16.2 Å². The van der Waals surface area contributed by atoms with Crippen LogP contribution in [0.2, 0.25) is 0 Å². The summed E-state index contributed by atoms with van der Waals surface area (Å²) in [6.07, 6.45) is 1.67. The first-order valence-electron chi connectivity index (χ1n) is 3.74. The Kier molecular flexibility index (Phi) is 3.01. The van der Waals surface area contributed by atoms with Crippen molar-refractivity contribution in [1.29, 1.82) is 0 Å². The van der Waals surface area contributed by atoms with Crippen LogP contribution in [-0.4, -0.2) is 18.6 Å². The molecule has 0 aliphatic rings. The molecule has 0 saturated carbocycles. The van der Waals surface area contributed by atoms with E-state index in [9.17, 15) is 0 Å². The van der Waals surface area contributed by atoms with Gasteiger partial charge in [0.25, 0.3) is 0 Å². The fourth-order valence-electron chi connectivity index (χ4n) is 0.965. The van der Waals surface area contributed by atoms with Gasteiger partial charge in [-0.25, -0.2) is 0 Å². The van der Waals surface area contributed by atoms with Gasteiger partial charge in [0, 0.05) is 12.7 Å². The van der Waals surface area contributed by atoms with Gasteiger partial charge in [0.2, 0.25) is 0 Å². The van der Waals surface area contributed by atoms with Crippen LogP contribution in [-0.2, 0) is 0 Å². The summed E-state index contributed by atoms with van der Waals surface area (Å²) < 4.78 is 5.07. The fraction of sp³-hybridized carbons (Fsp3) is 0.375. The Morgan fingerprint density at radius 1 is 1.67 bits per heavy atom. The number of nitrogens with zero attached hydrogens (tertiary/aromatic N) is 1. The van der Waals surface area contributed by atoms with Gasteiger partial charge in [-0.15, -0.1) is 0 Å². The molecule has 0 aliphatic heterocycles. The number of hydrogen-bond acceptors (Lipinski definition) is 4.